The molecular formula is C20H25FN4O2. The maximum atomic E-state index is 13.6. The Morgan fingerprint density at radius 2 is 1.96 bits per heavy atom. The van der Waals surface area contributed by atoms with E-state index in [0.29, 0.717) is 30.8 Å². The van der Waals surface area contributed by atoms with Crippen LogP contribution in [0.25, 0.3) is 0 Å². The highest BCUT2D eigenvalue weighted by Crippen LogP contribution is 2.09. The highest BCUT2D eigenvalue weighted by atomic mass is 19.1. The van der Waals surface area contributed by atoms with Crippen LogP contribution in [0.4, 0.5) is 10.1 Å². The highest BCUT2D eigenvalue weighted by Gasteiger charge is 2.11. The molecule has 6 nitrogen and oxygen atoms in total. The molecule has 1 aliphatic rings. The monoisotopic (exact) mass is 372 g/mol. The molecule has 0 unspecified atom stereocenters. The minimum atomic E-state index is -0.193. The molecule has 1 saturated heterocycles. The molecule has 0 spiro atoms. The molecule has 2 aromatic rings. The van der Waals surface area contributed by atoms with E-state index in [1.54, 1.807) is 24.4 Å². The molecule has 1 aliphatic heterocycles. The Morgan fingerprint density at radius 1 is 1.15 bits per heavy atom. The van der Waals surface area contributed by atoms with E-state index in [9.17, 15) is 9.18 Å². The third-order valence-electron chi connectivity index (χ3n) is 4.49. The number of ether oxygens (including phenoxy) is 1. The van der Waals surface area contributed by atoms with Crippen LogP contribution >= 0.6 is 0 Å². The summed E-state index contributed by atoms with van der Waals surface area (Å²) in [5.41, 5.74) is 1.86. The van der Waals surface area contributed by atoms with Gasteiger partial charge in [-0.3, -0.25) is 9.69 Å². The third kappa shape index (κ3) is 6.01. The Kier molecular flexibility index (Phi) is 7.12. The van der Waals surface area contributed by atoms with E-state index >= 15 is 0 Å². The van der Waals surface area contributed by atoms with E-state index in [2.05, 4.69) is 20.5 Å². The molecule has 27 heavy (non-hydrogen) atoms. The number of hydrogen-bond donors (Lipinski definition) is 2. The summed E-state index contributed by atoms with van der Waals surface area (Å²) >= 11 is 0. The first-order chi connectivity index (χ1) is 13.2. The van der Waals surface area contributed by atoms with Gasteiger partial charge >= 0.3 is 0 Å². The van der Waals surface area contributed by atoms with Gasteiger partial charge in [-0.15, -0.1) is 0 Å². The molecule has 0 atom stereocenters. The van der Waals surface area contributed by atoms with Gasteiger partial charge in [0.2, 0.25) is 0 Å². The van der Waals surface area contributed by atoms with E-state index in [1.807, 2.05) is 12.1 Å². The Bertz CT molecular complexity index is 733. The van der Waals surface area contributed by atoms with Crippen molar-refractivity contribution in [2.75, 3.05) is 51.3 Å². The third-order valence-corrected chi connectivity index (χ3v) is 4.49. The van der Waals surface area contributed by atoms with E-state index in [-0.39, 0.29) is 11.7 Å². The van der Waals surface area contributed by atoms with Crippen LogP contribution in [0.5, 0.6) is 0 Å². The minimum Gasteiger partial charge on any atom is -0.383 e. The molecule has 0 radical (unpaired) electrons. The number of carbonyl (C=O) groups excluding carboxylic acids is 1. The van der Waals surface area contributed by atoms with Crippen LogP contribution in [0.3, 0.4) is 0 Å². The van der Waals surface area contributed by atoms with Crippen molar-refractivity contribution in [3.05, 3.63) is 59.7 Å². The normalized spacial score (nSPS) is 14.7. The lowest BCUT2D eigenvalue weighted by Gasteiger charge is -2.26. The van der Waals surface area contributed by atoms with Crippen LogP contribution in [0.1, 0.15) is 16.1 Å². The van der Waals surface area contributed by atoms with E-state index in [0.717, 1.165) is 38.5 Å². The van der Waals surface area contributed by atoms with Crippen LogP contribution in [0, 0.1) is 5.82 Å². The summed E-state index contributed by atoms with van der Waals surface area (Å²) in [5, 5.41) is 6.08. The minimum absolute atomic E-state index is 0.179. The molecule has 0 bridgehead atoms. The molecule has 2 heterocycles. The lowest BCUT2D eigenvalue weighted by Crippen LogP contribution is -2.41. The molecule has 1 aromatic carbocycles. The summed E-state index contributed by atoms with van der Waals surface area (Å²) in [6, 6.07) is 10.2. The van der Waals surface area contributed by atoms with E-state index in [4.69, 9.17) is 4.74 Å². The van der Waals surface area contributed by atoms with Crippen molar-refractivity contribution < 1.29 is 13.9 Å². The van der Waals surface area contributed by atoms with Crippen LogP contribution in [0.15, 0.2) is 42.6 Å². The number of morpholine rings is 1. The SMILES string of the molecule is O=C(NCCN1CCOCC1)c1ccc(NCCc2ccccc2F)cn1. The molecule has 1 aromatic heterocycles. The number of pyridine rings is 1. The molecule has 2 N–H and O–H groups in total. The number of halogens is 1. The van der Waals surface area contributed by atoms with Gasteiger partial charge in [-0.2, -0.15) is 0 Å². The number of nitrogens with zero attached hydrogens (tertiary/aromatic N) is 2. The number of carbonyl (C=O) groups is 1. The second kappa shape index (κ2) is 9.99. The molecule has 0 saturated carbocycles. The van der Waals surface area contributed by atoms with Gasteiger partial charge < -0.3 is 15.4 Å². The topological polar surface area (TPSA) is 66.5 Å². The summed E-state index contributed by atoms with van der Waals surface area (Å²) in [6.45, 7) is 5.30. The number of anilines is 1. The number of amides is 1. The second-order valence-corrected chi connectivity index (χ2v) is 6.41. The van der Waals surface area contributed by atoms with Crippen LogP contribution in [0.2, 0.25) is 0 Å². The van der Waals surface area contributed by atoms with Crippen LogP contribution in [-0.4, -0.2) is 61.7 Å². The molecular weight excluding hydrogens is 347 g/mol. The average molecular weight is 372 g/mol. The van der Waals surface area contributed by atoms with Gasteiger partial charge in [0.15, 0.2) is 0 Å². The second-order valence-electron chi connectivity index (χ2n) is 6.41. The van der Waals surface area contributed by atoms with Gasteiger partial charge in [0.05, 0.1) is 25.1 Å². The largest absolute Gasteiger partial charge is 0.383 e. The standard InChI is InChI=1S/C20H25FN4O2/c21-18-4-2-1-3-16(18)7-8-22-17-5-6-19(24-15-17)20(26)23-9-10-25-11-13-27-14-12-25/h1-6,15,22H,7-14H2,(H,23,26). The number of aromatic nitrogens is 1. The van der Waals surface area contributed by atoms with Gasteiger partial charge in [-0.1, -0.05) is 18.2 Å². The molecule has 3 rings (SSSR count). The maximum absolute atomic E-state index is 13.6. The van der Waals surface area contributed by atoms with Gasteiger partial charge in [-0.05, 0) is 30.2 Å². The maximum Gasteiger partial charge on any atom is 0.269 e. The Balaban J connectivity index is 1.39. The Hall–Kier alpha value is -2.51. The van der Waals surface area contributed by atoms with Gasteiger partial charge in [0.25, 0.3) is 5.91 Å². The zero-order valence-electron chi connectivity index (χ0n) is 15.3. The average Bonchev–Trinajstić information content (AvgIpc) is 2.71. The number of rotatable bonds is 8. The van der Waals surface area contributed by atoms with E-state index < -0.39 is 0 Å². The number of benzene rings is 1. The fourth-order valence-corrected chi connectivity index (χ4v) is 2.92. The summed E-state index contributed by atoms with van der Waals surface area (Å²) in [4.78, 5) is 18.6. The lowest BCUT2D eigenvalue weighted by atomic mass is 10.1. The first-order valence-electron chi connectivity index (χ1n) is 9.24. The molecule has 7 heteroatoms. The summed E-state index contributed by atoms with van der Waals surface area (Å²) in [6.07, 6.45) is 2.20. The smallest absolute Gasteiger partial charge is 0.269 e. The van der Waals surface area contributed by atoms with Crippen molar-refractivity contribution in [3.63, 3.8) is 0 Å². The summed E-state index contributed by atoms with van der Waals surface area (Å²) < 4.78 is 18.9. The fraction of sp³-hybridized carbons (Fsp3) is 0.400. The van der Waals surface area contributed by atoms with Crippen molar-refractivity contribution >= 4 is 11.6 Å². The summed E-state index contributed by atoms with van der Waals surface area (Å²) in [7, 11) is 0. The Morgan fingerprint density at radius 3 is 2.70 bits per heavy atom. The quantitative estimate of drug-likeness (QED) is 0.741. The van der Waals surface area contributed by atoms with Gasteiger partial charge in [-0.25, -0.2) is 9.37 Å². The first-order valence-corrected chi connectivity index (χ1v) is 9.24. The Labute approximate surface area is 158 Å². The molecule has 1 amide bonds. The number of nitrogens with one attached hydrogen (secondary N) is 2. The first kappa shape index (κ1) is 19.3. The van der Waals surface area contributed by atoms with Gasteiger partial charge in [0, 0.05) is 32.7 Å². The fourth-order valence-electron chi connectivity index (χ4n) is 2.92. The summed E-state index contributed by atoms with van der Waals surface area (Å²) in [5.74, 6) is -0.373. The van der Waals surface area contributed by atoms with Crippen molar-refractivity contribution in [1.82, 2.24) is 15.2 Å². The van der Waals surface area contributed by atoms with Gasteiger partial charge in [0.1, 0.15) is 11.5 Å². The molecule has 0 aliphatic carbocycles. The predicted molar refractivity (Wildman–Crippen MR) is 102 cm³/mol. The lowest BCUT2D eigenvalue weighted by molar-refractivity contribution is 0.0383. The zero-order valence-corrected chi connectivity index (χ0v) is 15.3. The highest BCUT2D eigenvalue weighted by molar-refractivity contribution is 5.92. The van der Waals surface area contributed by atoms with E-state index in [1.165, 1.54) is 6.07 Å². The van der Waals surface area contributed by atoms with Crippen molar-refractivity contribution in [2.45, 2.75) is 6.42 Å². The molecule has 144 valence electrons. The predicted octanol–water partition coefficient (Wildman–Crippen LogP) is 1.94. The molecule has 1 fully saturated rings. The zero-order chi connectivity index (χ0) is 18.9. The van der Waals surface area contributed by atoms with Crippen LogP contribution in [-0.2, 0) is 11.2 Å². The number of hydrogen-bond acceptors (Lipinski definition) is 5. The van der Waals surface area contributed by atoms with Crippen molar-refractivity contribution in [2.24, 2.45) is 0 Å². The van der Waals surface area contributed by atoms with Crippen molar-refractivity contribution in [3.8, 4) is 0 Å². The van der Waals surface area contributed by atoms with Crippen LogP contribution < -0.4 is 10.6 Å². The van der Waals surface area contributed by atoms with Crippen molar-refractivity contribution in [1.29, 1.82) is 0 Å².